The molecule has 0 fully saturated rings. The maximum absolute atomic E-state index is 5.63. The summed E-state index contributed by atoms with van der Waals surface area (Å²) in [6.45, 7) is 10.3. The molecule has 0 radical (unpaired) electrons. The van der Waals surface area contributed by atoms with Crippen LogP contribution in [-0.4, -0.2) is 68.7 Å². The molecule has 0 aliphatic rings. The van der Waals surface area contributed by atoms with E-state index in [4.69, 9.17) is 28.1 Å². The molecular weight excluding hydrogens is 268 g/mol. The first-order chi connectivity index (χ1) is 9.06. The van der Waals surface area contributed by atoms with E-state index in [-0.39, 0.29) is 13.6 Å². The van der Waals surface area contributed by atoms with Gasteiger partial charge in [-0.15, -0.1) is 0 Å². The summed E-state index contributed by atoms with van der Waals surface area (Å²) < 4.78 is 31.2. The van der Waals surface area contributed by atoms with Crippen LogP contribution < -0.4 is 0 Å². The Balaban J connectivity index is 2.99. The molecule has 0 spiro atoms. The van der Waals surface area contributed by atoms with Gasteiger partial charge in [0.2, 0.25) is 0 Å². The van der Waals surface area contributed by atoms with Crippen molar-refractivity contribution in [3.05, 3.63) is 0 Å². The lowest BCUT2D eigenvalue weighted by Crippen LogP contribution is -2.27. The number of hydrogen-bond donors (Lipinski definition) is 0. The molecule has 0 aromatic heterocycles. The van der Waals surface area contributed by atoms with Gasteiger partial charge in [0, 0.05) is 7.11 Å². The van der Waals surface area contributed by atoms with Gasteiger partial charge in [-0.25, -0.2) is 0 Å². The minimum atomic E-state index is -1.42. The van der Waals surface area contributed by atoms with Crippen molar-refractivity contribution >= 4 is 8.32 Å². The normalized spacial score (nSPS) is 12.0. The molecule has 0 saturated heterocycles. The van der Waals surface area contributed by atoms with E-state index in [1.54, 1.807) is 7.11 Å². The third-order valence-electron chi connectivity index (χ3n) is 1.90. The summed E-state index contributed by atoms with van der Waals surface area (Å²) in [7, 11) is 0.211. The Kier molecular flexibility index (Phi) is 13.0. The number of rotatable bonds is 14. The van der Waals surface area contributed by atoms with Crippen molar-refractivity contribution in [2.24, 2.45) is 0 Å². The molecule has 0 aliphatic carbocycles. The van der Waals surface area contributed by atoms with Crippen molar-refractivity contribution < 1.29 is 28.1 Å². The quantitative estimate of drug-likeness (QED) is 0.275. The minimum Gasteiger partial charge on any atom is -0.415 e. The standard InChI is InChI=1S/C12H28O6Si/c1-13-5-6-14-11-15-7-8-16-12-17-9-10-18-19(2,3)4/h5-12H2,1-4H3. The maximum atomic E-state index is 5.63. The Morgan fingerprint density at radius 2 is 1.05 bits per heavy atom. The van der Waals surface area contributed by atoms with E-state index in [1.807, 2.05) is 0 Å². The lowest BCUT2D eigenvalue weighted by Gasteiger charge is -2.16. The van der Waals surface area contributed by atoms with Gasteiger partial charge in [0.15, 0.2) is 8.32 Å². The van der Waals surface area contributed by atoms with E-state index < -0.39 is 8.32 Å². The molecule has 0 unspecified atom stereocenters. The molecule has 0 aliphatic heterocycles. The lowest BCUT2D eigenvalue weighted by molar-refractivity contribution is -0.105. The Hall–Kier alpha value is -0.0231. The van der Waals surface area contributed by atoms with Crippen molar-refractivity contribution in [1.82, 2.24) is 0 Å². The van der Waals surface area contributed by atoms with Crippen LogP contribution in [0.2, 0.25) is 19.6 Å². The zero-order chi connectivity index (χ0) is 14.4. The number of methoxy groups -OCH3 is 1. The Morgan fingerprint density at radius 1 is 0.632 bits per heavy atom. The van der Waals surface area contributed by atoms with Gasteiger partial charge in [-0.2, -0.15) is 0 Å². The van der Waals surface area contributed by atoms with Crippen molar-refractivity contribution in [2.45, 2.75) is 19.6 Å². The Bertz CT molecular complexity index is 186. The zero-order valence-electron chi connectivity index (χ0n) is 12.6. The summed E-state index contributed by atoms with van der Waals surface area (Å²) in [4.78, 5) is 0. The molecule has 0 bridgehead atoms. The van der Waals surface area contributed by atoms with Gasteiger partial charge < -0.3 is 28.1 Å². The molecule has 0 amide bonds. The fraction of sp³-hybridized carbons (Fsp3) is 1.00. The van der Waals surface area contributed by atoms with Crippen LogP contribution in [0, 0.1) is 0 Å². The van der Waals surface area contributed by atoms with Gasteiger partial charge >= 0.3 is 0 Å². The second-order valence-corrected chi connectivity index (χ2v) is 9.34. The topological polar surface area (TPSA) is 55.4 Å². The van der Waals surface area contributed by atoms with Crippen molar-refractivity contribution in [3.63, 3.8) is 0 Å². The molecule has 0 heterocycles. The van der Waals surface area contributed by atoms with E-state index in [0.29, 0.717) is 39.6 Å². The van der Waals surface area contributed by atoms with Gasteiger partial charge in [0.25, 0.3) is 0 Å². The molecule has 7 heteroatoms. The fourth-order valence-corrected chi connectivity index (χ4v) is 1.72. The molecule has 6 nitrogen and oxygen atoms in total. The summed E-state index contributed by atoms with van der Waals surface area (Å²) in [6, 6.07) is 0. The van der Waals surface area contributed by atoms with Crippen molar-refractivity contribution in [1.29, 1.82) is 0 Å². The van der Waals surface area contributed by atoms with Crippen LogP contribution in [0.1, 0.15) is 0 Å². The highest BCUT2D eigenvalue weighted by Crippen LogP contribution is 2.01. The third kappa shape index (κ3) is 18.0. The van der Waals surface area contributed by atoms with Gasteiger partial charge in [-0.3, -0.25) is 0 Å². The minimum absolute atomic E-state index is 0.262. The predicted molar refractivity (Wildman–Crippen MR) is 74.7 cm³/mol. The molecular formula is C12H28O6Si. The van der Waals surface area contributed by atoms with E-state index in [1.165, 1.54) is 0 Å². The van der Waals surface area contributed by atoms with Crippen molar-refractivity contribution in [3.8, 4) is 0 Å². The van der Waals surface area contributed by atoms with Crippen LogP contribution in [-0.2, 0) is 28.1 Å². The van der Waals surface area contributed by atoms with E-state index in [0.717, 1.165) is 0 Å². The van der Waals surface area contributed by atoms with Gasteiger partial charge in [0.1, 0.15) is 13.6 Å². The summed E-state index contributed by atoms with van der Waals surface area (Å²) in [5.41, 5.74) is 0. The first-order valence-corrected chi connectivity index (χ1v) is 9.91. The molecule has 0 aromatic carbocycles. The van der Waals surface area contributed by atoms with Crippen LogP contribution in [0.3, 0.4) is 0 Å². The Morgan fingerprint density at radius 3 is 1.47 bits per heavy atom. The van der Waals surface area contributed by atoms with Crippen LogP contribution in [0.15, 0.2) is 0 Å². The maximum Gasteiger partial charge on any atom is 0.183 e. The van der Waals surface area contributed by atoms with Crippen LogP contribution in [0.25, 0.3) is 0 Å². The number of ether oxygens (including phenoxy) is 5. The average Bonchev–Trinajstić information content (AvgIpc) is 2.34. The van der Waals surface area contributed by atoms with Gasteiger partial charge in [-0.1, -0.05) is 0 Å². The molecule has 116 valence electrons. The first-order valence-electron chi connectivity index (χ1n) is 6.50. The summed E-state index contributed by atoms with van der Waals surface area (Å²) >= 11 is 0. The molecule has 19 heavy (non-hydrogen) atoms. The third-order valence-corrected chi connectivity index (χ3v) is 2.97. The van der Waals surface area contributed by atoms with E-state index >= 15 is 0 Å². The number of hydrogen-bond acceptors (Lipinski definition) is 6. The zero-order valence-corrected chi connectivity index (χ0v) is 13.6. The van der Waals surface area contributed by atoms with Crippen LogP contribution >= 0.6 is 0 Å². The summed E-state index contributed by atoms with van der Waals surface area (Å²) in [5.74, 6) is 0. The molecule has 0 rings (SSSR count). The van der Waals surface area contributed by atoms with Gasteiger partial charge in [-0.05, 0) is 19.6 Å². The van der Waals surface area contributed by atoms with Gasteiger partial charge in [0.05, 0.1) is 39.6 Å². The monoisotopic (exact) mass is 296 g/mol. The fourth-order valence-electron chi connectivity index (χ4n) is 1.02. The van der Waals surface area contributed by atoms with Crippen LogP contribution in [0.4, 0.5) is 0 Å². The van der Waals surface area contributed by atoms with E-state index in [9.17, 15) is 0 Å². The van der Waals surface area contributed by atoms with Crippen molar-refractivity contribution in [2.75, 3.05) is 60.3 Å². The average molecular weight is 296 g/mol. The first kappa shape index (κ1) is 19.0. The Labute approximate surface area is 117 Å². The highest BCUT2D eigenvalue weighted by atomic mass is 28.4. The lowest BCUT2D eigenvalue weighted by atomic mass is 10.8. The largest absolute Gasteiger partial charge is 0.415 e. The smallest absolute Gasteiger partial charge is 0.183 e. The molecule has 0 N–H and O–H groups in total. The SMILES string of the molecule is COCCOCOCCOCOCCO[Si](C)(C)C. The second kappa shape index (κ2) is 13.0. The second-order valence-electron chi connectivity index (χ2n) is 4.82. The predicted octanol–water partition coefficient (Wildman–Crippen LogP) is 1.47. The molecule has 0 saturated carbocycles. The van der Waals surface area contributed by atoms with Crippen LogP contribution in [0.5, 0.6) is 0 Å². The molecule has 0 aromatic rings. The highest BCUT2D eigenvalue weighted by molar-refractivity contribution is 6.69. The highest BCUT2D eigenvalue weighted by Gasteiger charge is 2.12. The summed E-state index contributed by atoms with van der Waals surface area (Å²) in [5, 5.41) is 0. The molecule has 0 atom stereocenters. The summed E-state index contributed by atoms with van der Waals surface area (Å²) in [6.07, 6.45) is 0. The van der Waals surface area contributed by atoms with E-state index in [2.05, 4.69) is 19.6 Å².